The normalized spacial score (nSPS) is 23.0. The Morgan fingerprint density at radius 2 is 1.71 bits per heavy atom. The zero-order chi connectivity index (χ0) is 15.9. The average Bonchev–Trinajstić information content (AvgIpc) is 2.91. The first-order valence-corrected chi connectivity index (χ1v) is 8.44. The molecule has 4 heteroatoms. The van der Waals surface area contributed by atoms with Gasteiger partial charge in [0, 0.05) is 12.0 Å². The van der Waals surface area contributed by atoms with Gasteiger partial charge in [0.25, 0.3) is 11.6 Å². The zero-order valence-electron chi connectivity index (χ0n) is 14.0. The van der Waals surface area contributed by atoms with Gasteiger partial charge < -0.3 is 22.1 Å². The third-order valence-electron chi connectivity index (χ3n) is 5.06. The van der Waals surface area contributed by atoms with E-state index in [0.717, 1.165) is 24.9 Å². The molecule has 2 heterocycles. The van der Waals surface area contributed by atoms with Gasteiger partial charge in [-0.1, -0.05) is 48.0 Å². The van der Waals surface area contributed by atoms with Gasteiger partial charge in [-0.3, -0.25) is 0 Å². The van der Waals surface area contributed by atoms with Gasteiger partial charge in [0.15, 0.2) is 6.54 Å². The predicted octanol–water partition coefficient (Wildman–Crippen LogP) is 0.259. The Bertz CT molecular complexity index is 742. The molecule has 0 bridgehead atoms. The number of β-amino-alcohol motifs (C(OH)–C–C–N with tert-alkyl or cyclic N) is 1. The fourth-order valence-electron chi connectivity index (χ4n) is 3.81. The molecule has 2 aromatic carbocycles. The van der Waals surface area contributed by atoms with Gasteiger partial charge >= 0.3 is 0 Å². The lowest BCUT2D eigenvalue weighted by molar-refractivity contribution is -0.661. The highest BCUT2D eigenvalue weighted by atomic mass is 79.9. The summed E-state index contributed by atoms with van der Waals surface area (Å²) in [5.41, 5.74) is 2.48. The van der Waals surface area contributed by atoms with E-state index >= 15 is 0 Å². The molecule has 0 saturated carbocycles. The second-order valence-electron chi connectivity index (χ2n) is 6.63. The van der Waals surface area contributed by atoms with Crippen LogP contribution in [0.25, 0.3) is 0 Å². The minimum absolute atomic E-state index is 0. The molecule has 24 heavy (non-hydrogen) atoms. The van der Waals surface area contributed by atoms with E-state index in [2.05, 4.69) is 40.7 Å². The van der Waals surface area contributed by atoms with Gasteiger partial charge in [-0.05, 0) is 31.9 Å². The molecule has 2 aliphatic rings. The number of anilines is 1. The van der Waals surface area contributed by atoms with E-state index in [4.69, 9.17) is 0 Å². The minimum Gasteiger partial charge on any atom is -1.00 e. The first kappa shape index (κ1) is 17.2. The molecule has 0 fully saturated rings. The van der Waals surface area contributed by atoms with Crippen molar-refractivity contribution in [3.05, 3.63) is 65.7 Å². The van der Waals surface area contributed by atoms with Crippen LogP contribution in [0.15, 0.2) is 54.6 Å². The van der Waals surface area contributed by atoms with Crippen LogP contribution in [-0.2, 0) is 5.72 Å². The van der Waals surface area contributed by atoms with Crippen LogP contribution >= 0.6 is 0 Å². The number of rotatable bonds is 2. The fraction of sp³-hybridized carbons (Fsp3) is 0.350. The molecule has 0 amide bonds. The van der Waals surface area contributed by atoms with Crippen molar-refractivity contribution in [3.63, 3.8) is 0 Å². The van der Waals surface area contributed by atoms with Crippen LogP contribution in [0.3, 0.4) is 0 Å². The number of hydrogen-bond acceptors (Lipinski definition) is 2. The molecule has 0 aliphatic carbocycles. The number of aliphatic hydroxyl groups is 1. The number of amidine groups is 1. The lowest BCUT2D eigenvalue weighted by atomic mass is 10.0. The van der Waals surface area contributed by atoms with Crippen LogP contribution < -0.4 is 21.9 Å². The summed E-state index contributed by atoms with van der Waals surface area (Å²) < 4.78 is 2.21. The van der Waals surface area contributed by atoms with Crippen molar-refractivity contribution >= 4 is 11.5 Å². The van der Waals surface area contributed by atoms with Crippen molar-refractivity contribution in [2.75, 3.05) is 18.0 Å². The molecule has 1 atom stereocenters. The molecule has 0 spiro atoms. The topological polar surface area (TPSA) is 26.5 Å². The minimum atomic E-state index is -0.929. The van der Waals surface area contributed by atoms with Crippen LogP contribution in [0.1, 0.15) is 30.4 Å². The summed E-state index contributed by atoms with van der Waals surface area (Å²) in [7, 11) is 0. The smallest absolute Gasteiger partial charge is 0.271 e. The molecule has 4 rings (SSSR count). The molecular weight excluding hydrogens is 364 g/mol. The third kappa shape index (κ3) is 2.78. The molecular formula is C20H23BrN2O. The number of nitrogens with zero attached hydrogens (tertiary/aromatic N) is 2. The summed E-state index contributed by atoms with van der Waals surface area (Å²) in [4.78, 5) is 2.30. The lowest BCUT2D eigenvalue weighted by Crippen LogP contribution is -3.00. The van der Waals surface area contributed by atoms with Crippen molar-refractivity contribution in [3.8, 4) is 0 Å². The summed E-state index contributed by atoms with van der Waals surface area (Å²) in [6, 6.07) is 18.7. The second-order valence-corrected chi connectivity index (χ2v) is 6.63. The van der Waals surface area contributed by atoms with E-state index in [1.807, 2.05) is 30.3 Å². The molecule has 3 nitrogen and oxygen atoms in total. The van der Waals surface area contributed by atoms with Crippen LogP contribution in [0.5, 0.6) is 0 Å². The van der Waals surface area contributed by atoms with Crippen LogP contribution in [0, 0.1) is 6.92 Å². The Hall–Kier alpha value is -1.65. The van der Waals surface area contributed by atoms with Crippen LogP contribution in [0.2, 0.25) is 0 Å². The van der Waals surface area contributed by atoms with Gasteiger partial charge in [0.1, 0.15) is 5.69 Å². The van der Waals surface area contributed by atoms with Crippen molar-refractivity contribution in [2.45, 2.75) is 31.9 Å². The Morgan fingerprint density at radius 3 is 2.42 bits per heavy atom. The molecule has 1 N–H and O–H groups in total. The maximum absolute atomic E-state index is 11.5. The Kier molecular flexibility index (Phi) is 4.79. The summed E-state index contributed by atoms with van der Waals surface area (Å²) in [6.07, 6.45) is 3.36. The van der Waals surface area contributed by atoms with Crippen molar-refractivity contribution in [1.82, 2.24) is 0 Å². The van der Waals surface area contributed by atoms with E-state index in [0.29, 0.717) is 6.54 Å². The molecule has 2 aliphatic heterocycles. The van der Waals surface area contributed by atoms with E-state index in [-0.39, 0.29) is 17.0 Å². The van der Waals surface area contributed by atoms with Gasteiger partial charge in [-0.2, -0.15) is 0 Å². The molecule has 126 valence electrons. The van der Waals surface area contributed by atoms with Crippen molar-refractivity contribution in [2.24, 2.45) is 0 Å². The lowest BCUT2D eigenvalue weighted by Gasteiger charge is -2.24. The highest BCUT2D eigenvalue weighted by molar-refractivity contribution is 5.96. The maximum atomic E-state index is 11.5. The molecule has 0 aromatic heterocycles. The number of benzene rings is 2. The highest BCUT2D eigenvalue weighted by Crippen LogP contribution is 2.35. The van der Waals surface area contributed by atoms with Gasteiger partial charge in [-0.25, -0.2) is 9.48 Å². The standard InChI is InChI=1S/C20H23N2O.BrH/c1-16-10-12-18(13-11-16)21-15-20(23,17-7-3-2-4-8-17)22-14-6-5-9-19(21)22;/h2-4,7-8,10-13,23H,5-6,9,14-15H2,1H3;1H/q+1;/p-1. The first-order valence-electron chi connectivity index (χ1n) is 8.44. The zero-order valence-corrected chi connectivity index (χ0v) is 15.5. The monoisotopic (exact) mass is 386 g/mol. The first-order chi connectivity index (χ1) is 11.2. The second kappa shape index (κ2) is 6.69. The third-order valence-corrected chi connectivity index (χ3v) is 5.06. The predicted molar refractivity (Wildman–Crippen MR) is 92.8 cm³/mol. The Morgan fingerprint density at radius 1 is 1.00 bits per heavy atom. The SMILES string of the molecule is Cc1ccc(N2CC(O)(c3ccccc3)[N+]3=C2CCCC3)cc1.[Br-]. The van der Waals surface area contributed by atoms with Gasteiger partial charge in [0.05, 0.1) is 6.54 Å². The summed E-state index contributed by atoms with van der Waals surface area (Å²) >= 11 is 0. The molecule has 2 aromatic rings. The molecule has 0 radical (unpaired) electrons. The highest BCUT2D eigenvalue weighted by Gasteiger charge is 2.52. The Balaban J connectivity index is 0.00000169. The number of hydrogen-bond donors (Lipinski definition) is 1. The quantitative estimate of drug-likeness (QED) is 0.749. The van der Waals surface area contributed by atoms with E-state index < -0.39 is 5.72 Å². The van der Waals surface area contributed by atoms with E-state index in [9.17, 15) is 5.11 Å². The largest absolute Gasteiger partial charge is 1.00 e. The summed E-state index contributed by atoms with van der Waals surface area (Å²) in [6.45, 7) is 3.62. The average molecular weight is 387 g/mol. The number of halogens is 1. The maximum Gasteiger partial charge on any atom is 0.271 e. The molecule has 0 saturated heterocycles. The van der Waals surface area contributed by atoms with E-state index in [1.54, 1.807) is 0 Å². The summed E-state index contributed by atoms with van der Waals surface area (Å²) in [5.74, 6) is 1.26. The van der Waals surface area contributed by atoms with Crippen molar-refractivity contribution < 1.29 is 26.7 Å². The van der Waals surface area contributed by atoms with Gasteiger partial charge in [0.2, 0.25) is 0 Å². The molecule has 1 unspecified atom stereocenters. The van der Waals surface area contributed by atoms with Gasteiger partial charge in [-0.15, -0.1) is 0 Å². The fourth-order valence-corrected chi connectivity index (χ4v) is 3.81. The van der Waals surface area contributed by atoms with E-state index in [1.165, 1.54) is 23.5 Å². The number of aryl methyl sites for hydroxylation is 1. The Labute approximate surface area is 154 Å². The van der Waals surface area contributed by atoms with Crippen molar-refractivity contribution in [1.29, 1.82) is 0 Å². The van der Waals surface area contributed by atoms with Crippen LogP contribution in [-0.4, -0.2) is 28.6 Å². The summed E-state index contributed by atoms with van der Waals surface area (Å²) in [5, 5.41) is 11.5. The van der Waals surface area contributed by atoms with Crippen LogP contribution in [0.4, 0.5) is 5.69 Å².